The van der Waals surface area contributed by atoms with Crippen LogP contribution in [0.25, 0.3) is 0 Å². The summed E-state index contributed by atoms with van der Waals surface area (Å²) >= 11 is 1.36. The molecule has 1 aromatic rings. The fraction of sp³-hybridized carbons (Fsp3) is 0.143. The molecule has 0 saturated carbocycles. The Kier molecular flexibility index (Phi) is 2.92. The van der Waals surface area contributed by atoms with Crippen molar-refractivity contribution in [2.24, 2.45) is 10.7 Å². The van der Waals surface area contributed by atoms with Gasteiger partial charge in [-0.15, -0.1) is 0 Å². The van der Waals surface area contributed by atoms with Gasteiger partial charge in [0.25, 0.3) is 0 Å². The van der Waals surface area contributed by atoms with E-state index < -0.39 is 0 Å². The monoisotopic (exact) mass is 167 g/mol. The number of aliphatic imine (C=N–C) groups is 1. The van der Waals surface area contributed by atoms with Gasteiger partial charge in [0.15, 0.2) is 5.17 Å². The molecule has 0 spiro atoms. The van der Waals surface area contributed by atoms with E-state index in [2.05, 4.69) is 9.98 Å². The minimum atomic E-state index is 0.531. The van der Waals surface area contributed by atoms with E-state index in [-0.39, 0.29) is 0 Å². The molecule has 0 radical (unpaired) electrons. The van der Waals surface area contributed by atoms with Crippen molar-refractivity contribution in [3.05, 3.63) is 24.4 Å². The fourth-order valence-electron chi connectivity index (χ4n) is 0.560. The Hall–Kier alpha value is -1.03. The van der Waals surface area contributed by atoms with Crippen molar-refractivity contribution in [1.82, 2.24) is 4.98 Å². The summed E-state index contributed by atoms with van der Waals surface area (Å²) in [5.74, 6) is 0. The lowest BCUT2D eigenvalue weighted by atomic mass is 10.5. The molecule has 11 heavy (non-hydrogen) atoms. The van der Waals surface area contributed by atoms with Crippen molar-refractivity contribution >= 4 is 16.9 Å². The maximum absolute atomic E-state index is 5.48. The van der Waals surface area contributed by atoms with Crippen molar-refractivity contribution < 1.29 is 0 Å². The SMILES string of the molecule is CN=C(N)Sc1ccccn1. The van der Waals surface area contributed by atoms with Crippen LogP contribution in [0.2, 0.25) is 0 Å². The van der Waals surface area contributed by atoms with Gasteiger partial charge in [0, 0.05) is 13.2 Å². The Bertz CT molecular complexity index is 245. The van der Waals surface area contributed by atoms with E-state index in [1.54, 1.807) is 13.2 Å². The first-order valence-electron chi connectivity index (χ1n) is 3.14. The van der Waals surface area contributed by atoms with Crippen LogP contribution in [0.5, 0.6) is 0 Å². The third-order valence-electron chi connectivity index (χ3n) is 1.07. The highest BCUT2D eigenvalue weighted by Crippen LogP contribution is 2.12. The molecular formula is C7H9N3S. The Balaban J connectivity index is 2.65. The van der Waals surface area contributed by atoms with Gasteiger partial charge in [-0.25, -0.2) is 4.98 Å². The molecule has 3 nitrogen and oxygen atoms in total. The largest absolute Gasteiger partial charge is 0.378 e. The first-order valence-corrected chi connectivity index (χ1v) is 3.95. The molecule has 58 valence electrons. The molecule has 0 aliphatic carbocycles. The molecule has 0 fully saturated rings. The molecule has 4 heteroatoms. The van der Waals surface area contributed by atoms with E-state index >= 15 is 0 Å². The van der Waals surface area contributed by atoms with Crippen LogP contribution in [0.1, 0.15) is 0 Å². The van der Waals surface area contributed by atoms with Gasteiger partial charge in [-0.3, -0.25) is 4.99 Å². The predicted molar refractivity (Wildman–Crippen MR) is 47.6 cm³/mol. The van der Waals surface area contributed by atoms with Crippen LogP contribution in [-0.4, -0.2) is 17.2 Å². The van der Waals surface area contributed by atoms with Crippen molar-refractivity contribution in [2.45, 2.75) is 5.03 Å². The van der Waals surface area contributed by atoms with Gasteiger partial charge in [-0.1, -0.05) is 6.07 Å². The summed E-state index contributed by atoms with van der Waals surface area (Å²) in [5, 5.41) is 1.40. The topological polar surface area (TPSA) is 51.3 Å². The number of amidine groups is 1. The maximum atomic E-state index is 5.48. The van der Waals surface area contributed by atoms with Gasteiger partial charge in [0.1, 0.15) is 5.03 Å². The smallest absolute Gasteiger partial charge is 0.160 e. The fourth-order valence-corrected chi connectivity index (χ4v) is 1.13. The highest BCUT2D eigenvalue weighted by Gasteiger charge is 1.95. The molecule has 1 rings (SSSR count). The zero-order valence-corrected chi connectivity index (χ0v) is 7.01. The number of nitrogens with zero attached hydrogens (tertiary/aromatic N) is 2. The third kappa shape index (κ3) is 2.59. The number of pyridine rings is 1. The standard InChI is InChI=1S/C7H9N3S/c1-9-7(8)11-6-4-2-3-5-10-6/h2-5H,1H3,(H2,8,9). The average Bonchev–Trinajstić information content (AvgIpc) is 2.06. The van der Waals surface area contributed by atoms with E-state index in [9.17, 15) is 0 Å². The molecule has 0 unspecified atom stereocenters. The van der Waals surface area contributed by atoms with E-state index in [1.165, 1.54) is 11.8 Å². The zero-order chi connectivity index (χ0) is 8.10. The van der Waals surface area contributed by atoms with Crippen LogP contribution in [0, 0.1) is 0 Å². The molecule has 1 aromatic heterocycles. The van der Waals surface area contributed by atoms with Gasteiger partial charge in [0.05, 0.1) is 0 Å². The van der Waals surface area contributed by atoms with Gasteiger partial charge in [-0.2, -0.15) is 0 Å². The quantitative estimate of drug-likeness (QED) is 0.387. The van der Waals surface area contributed by atoms with Crippen LogP contribution in [0.15, 0.2) is 34.4 Å². The molecule has 0 atom stereocenters. The van der Waals surface area contributed by atoms with Gasteiger partial charge >= 0.3 is 0 Å². The Morgan fingerprint density at radius 1 is 1.64 bits per heavy atom. The van der Waals surface area contributed by atoms with Crippen molar-refractivity contribution in [3.8, 4) is 0 Å². The highest BCUT2D eigenvalue weighted by molar-refractivity contribution is 8.13. The minimum absolute atomic E-state index is 0.531. The van der Waals surface area contributed by atoms with Gasteiger partial charge in [-0.05, 0) is 23.9 Å². The van der Waals surface area contributed by atoms with Crippen molar-refractivity contribution in [3.63, 3.8) is 0 Å². The molecule has 0 aliphatic rings. The van der Waals surface area contributed by atoms with Gasteiger partial charge in [0.2, 0.25) is 0 Å². The summed E-state index contributed by atoms with van der Waals surface area (Å²) in [7, 11) is 1.66. The van der Waals surface area contributed by atoms with Crippen molar-refractivity contribution in [2.75, 3.05) is 7.05 Å². The second-order valence-corrected chi connectivity index (χ2v) is 2.87. The third-order valence-corrected chi connectivity index (χ3v) is 1.91. The molecule has 0 bridgehead atoms. The van der Waals surface area contributed by atoms with Crippen molar-refractivity contribution in [1.29, 1.82) is 0 Å². The minimum Gasteiger partial charge on any atom is -0.378 e. The molecular weight excluding hydrogens is 158 g/mol. The molecule has 0 aromatic carbocycles. The predicted octanol–water partition coefficient (Wildman–Crippen LogP) is 1.12. The first-order chi connectivity index (χ1) is 5.33. The molecule has 2 N–H and O–H groups in total. The summed E-state index contributed by atoms with van der Waals surface area (Å²) in [6, 6.07) is 5.67. The highest BCUT2D eigenvalue weighted by atomic mass is 32.2. The number of hydrogen-bond acceptors (Lipinski definition) is 3. The number of rotatable bonds is 1. The zero-order valence-electron chi connectivity index (χ0n) is 6.19. The molecule has 0 aliphatic heterocycles. The second kappa shape index (κ2) is 3.98. The Morgan fingerprint density at radius 2 is 2.45 bits per heavy atom. The molecule has 0 amide bonds. The molecule has 1 heterocycles. The summed E-state index contributed by atoms with van der Waals surface area (Å²) in [6.07, 6.45) is 1.73. The van der Waals surface area contributed by atoms with Crippen LogP contribution >= 0.6 is 11.8 Å². The van der Waals surface area contributed by atoms with Crippen LogP contribution < -0.4 is 5.73 Å². The summed E-state index contributed by atoms with van der Waals surface area (Å²) in [5.41, 5.74) is 5.48. The molecule has 0 saturated heterocycles. The average molecular weight is 167 g/mol. The van der Waals surface area contributed by atoms with Crippen LogP contribution in [0.4, 0.5) is 0 Å². The Labute approximate surface area is 69.7 Å². The van der Waals surface area contributed by atoms with Crippen LogP contribution in [0.3, 0.4) is 0 Å². The summed E-state index contributed by atoms with van der Waals surface area (Å²) in [4.78, 5) is 7.87. The number of hydrogen-bond donors (Lipinski definition) is 1. The lowest BCUT2D eigenvalue weighted by molar-refractivity contribution is 1.14. The van der Waals surface area contributed by atoms with E-state index in [4.69, 9.17) is 5.73 Å². The maximum Gasteiger partial charge on any atom is 0.160 e. The lowest BCUT2D eigenvalue weighted by Crippen LogP contribution is -2.05. The number of thioether (sulfide) groups is 1. The van der Waals surface area contributed by atoms with Gasteiger partial charge < -0.3 is 5.73 Å². The van der Waals surface area contributed by atoms with E-state index in [0.717, 1.165) is 5.03 Å². The normalized spacial score (nSPS) is 11.5. The second-order valence-electron chi connectivity index (χ2n) is 1.83. The van der Waals surface area contributed by atoms with E-state index in [0.29, 0.717) is 5.17 Å². The van der Waals surface area contributed by atoms with Crippen LogP contribution in [-0.2, 0) is 0 Å². The van der Waals surface area contributed by atoms with E-state index in [1.807, 2.05) is 18.2 Å². The Morgan fingerprint density at radius 3 is 3.00 bits per heavy atom. The first kappa shape index (κ1) is 8.07. The number of nitrogens with two attached hydrogens (primary N) is 1. The summed E-state index contributed by atoms with van der Waals surface area (Å²) in [6.45, 7) is 0. The number of aromatic nitrogens is 1. The lowest BCUT2D eigenvalue weighted by Gasteiger charge is -1.96. The summed E-state index contributed by atoms with van der Waals surface area (Å²) < 4.78 is 0.